The third-order valence-corrected chi connectivity index (χ3v) is 3.26. The van der Waals surface area contributed by atoms with Gasteiger partial charge in [0.1, 0.15) is 5.69 Å². The van der Waals surface area contributed by atoms with E-state index in [0.717, 1.165) is 19.3 Å². The van der Waals surface area contributed by atoms with E-state index in [1.807, 2.05) is 0 Å². The van der Waals surface area contributed by atoms with Crippen molar-refractivity contribution in [2.24, 2.45) is 5.92 Å². The van der Waals surface area contributed by atoms with Crippen molar-refractivity contribution in [3.8, 4) is 0 Å². The number of hydrogen-bond acceptors (Lipinski definition) is 4. The first-order valence-electron chi connectivity index (χ1n) is 5.30. The molecule has 2 saturated heterocycles. The summed E-state index contributed by atoms with van der Waals surface area (Å²) in [4.78, 5) is 20.0. The number of nitrogens with zero attached hydrogens (tertiary/aromatic N) is 2. The van der Waals surface area contributed by atoms with Crippen molar-refractivity contribution < 1.29 is 9.53 Å². The summed E-state index contributed by atoms with van der Waals surface area (Å²) in [5.41, 5.74) is 0.471. The van der Waals surface area contributed by atoms with Crippen LogP contribution in [0.15, 0.2) is 18.6 Å². The molecule has 0 radical (unpaired) electrons. The minimum atomic E-state index is 0.0143. The molecule has 2 fully saturated rings. The van der Waals surface area contributed by atoms with Gasteiger partial charge in [-0.3, -0.25) is 9.78 Å². The smallest absolute Gasteiger partial charge is 0.188 e. The molecule has 3 atom stereocenters. The molecular weight excluding hydrogens is 192 g/mol. The van der Waals surface area contributed by atoms with Crippen molar-refractivity contribution in [3.05, 3.63) is 24.3 Å². The lowest BCUT2D eigenvalue weighted by molar-refractivity contribution is 0.0739. The van der Waals surface area contributed by atoms with Gasteiger partial charge in [0.25, 0.3) is 0 Å². The summed E-state index contributed by atoms with van der Waals surface area (Å²) >= 11 is 0. The molecule has 78 valence electrons. The predicted molar refractivity (Wildman–Crippen MR) is 52.4 cm³/mol. The van der Waals surface area contributed by atoms with Crippen LogP contribution in [0.25, 0.3) is 0 Å². The zero-order valence-electron chi connectivity index (χ0n) is 8.30. The van der Waals surface area contributed by atoms with E-state index in [4.69, 9.17) is 4.74 Å². The maximum absolute atomic E-state index is 12.1. The molecule has 2 aliphatic heterocycles. The highest BCUT2D eigenvalue weighted by Crippen LogP contribution is 2.39. The maximum Gasteiger partial charge on any atom is 0.188 e. The molecular formula is C11H12N2O2. The number of rotatable bonds is 2. The van der Waals surface area contributed by atoms with Gasteiger partial charge in [-0.1, -0.05) is 0 Å². The first kappa shape index (κ1) is 8.97. The summed E-state index contributed by atoms with van der Waals surface area (Å²) in [6, 6.07) is 0. The molecule has 0 amide bonds. The largest absolute Gasteiger partial charge is 0.374 e. The second kappa shape index (κ2) is 3.38. The number of aromatic nitrogens is 2. The van der Waals surface area contributed by atoms with Gasteiger partial charge in [0.15, 0.2) is 5.78 Å². The van der Waals surface area contributed by atoms with Crippen LogP contribution in [0.4, 0.5) is 0 Å². The Balaban J connectivity index is 1.81. The zero-order valence-corrected chi connectivity index (χ0v) is 8.30. The van der Waals surface area contributed by atoms with Gasteiger partial charge < -0.3 is 4.74 Å². The topological polar surface area (TPSA) is 52.1 Å². The third-order valence-electron chi connectivity index (χ3n) is 3.26. The number of hydrogen-bond donors (Lipinski definition) is 0. The average molecular weight is 204 g/mol. The molecule has 15 heavy (non-hydrogen) atoms. The lowest BCUT2D eigenvalue weighted by Crippen LogP contribution is -2.26. The Kier molecular flexibility index (Phi) is 2.02. The van der Waals surface area contributed by atoms with Crippen LogP contribution in [0.1, 0.15) is 29.8 Å². The first-order valence-corrected chi connectivity index (χ1v) is 5.30. The number of ketones is 1. The molecule has 0 saturated carbocycles. The molecule has 0 aromatic carbocycles. The normalized spacial score (nSPS) is 33.2. The predicted octanol–water partition coefficient (Wildman–Crippen LogP) is 1.23. The first-order chi connectivity index (χ1) is 7.34. The van der Waals surface area contributed by atoms with Gasteiger partial charge in [-0.25, -0.2) is 4.98 Å². The zero-order chi connectivity index (χ0) is 10.3. The SMILES string of the molecule is O=C(c1cnccn1)C1CC2CCC1O2. The van der Waals surface area contributed by atoms with Crippen LogP contribution in [0, 0.1) is 5.92 Å². The summed E-state index contributed by atoms with van der Waals surface area (Å²) in [5, 5.41) is 0. The highest BCUT2D eigenvalue weighted by molar-refractivity contribution is 5.96. The van der Waals surface area contributed by atoms with Crippen LogP contribution < -0.4 is 0 Å². The molecule has 1 aromatic rings. The summed E-state index contributed by atoms with van der Waals surface area (Å²) in [6.45, 7) is 0. The molecule has 1 aromatic heterocycles. The monoisotopic (exact) mass is 204 g/mol. The van der Waals surface area contributed by atoms with Crippen LogP contribution in [0.2, 0.25) is 0 Å². The van der Waals surface area contributed by atoms with Gasteiger partial charge >= 0.3 is 0 Å². The number of fused-ring (bicyclic) bond motifs is 2. The van der Waals surface area contributed by atoms with Crippen molar-refractivity contribution >= 4 is 5.78 Å². The molecule has 4 heteroatoms. The van der Waals surface area contributed by atoms with E-state index >= 15 is 0 Å². The van der Waals surface area contributed by atoms with E-state index in [1.165, 1.54) is 6.20 Å². The Labute approximate surface area is 87.7 Å². The second-order valence-electron chi connectivity index (χ2n) is 4.17. The molecule has 4 nitrogen and oxygen atoms in total. The van der Waals surface area contributed by atoms with E-state index in [1.54, 1.807) is 12.4 Å². The Morgan fingerprint density at radius 3 is 2.93 bits per heavy atom. The minimum absolute atomic E-state index is 0.0143. The van der Waals surface area contributed by atoms with Gasteiger partial charge in [-0.2, -0.15) is 0 Å². The van der Waals surface area contributed by atoms with Gasteiger partial charge in [-0.05, 0) is 19.3 Å². The van der Waals surface area contributed by atoms with E-state index < -0.39 is 0 Å². The highest BCUT2D eigenvalue weighted by Gasteiger charge is 2.44. The molecule has 3 rings (SSSR count). The van der Waals surface area contributed by atoms with Crippen molar-refractivity contribution in [2.45, 2.75) is 31.5 Å². The van der Waals surface area contributed by atoms with Crippen LogP contribution in [-0.4, -0.2) is 28.0 Å². The fraction of sp³-hybridized carbons (Fsp3) is 0.545. The van der Waals surface area contributed by atoms with E-state index in [-0.39, 0.29) is 17.8 Å². The fourth-order valence-electron chi connectivity index (χ4n) is 2.53. The summed E-state index contributed by atoms with van der Waals surface area (Å²) in [5.74, 6) is 0.107. The molecule has 0 spiro atoms. The summed E-state index contributed by atoms with van der Waals surface area (Å²) in [6.07, 6.45) is 8.09. The Morgan fingerprint density at radius 2 is 2.33 bits per heavy atom. The van der Waals surface area contributed by atoms with Gasteiger partial charge in [0.05, 0.1) is 24.3 Å². The fourth-order valence-corrected chi connectivity index (χ4v) is 2.53. The van der Waals surface area contributed by atoms with Crippen molar-refractivity contribution in [1.29, 1.82) is 0 Å². The van der Waals surface area contributed by atoms with Crippen molar-refractivity contribution in [1.82, 2.24) is 9.97 Å². The number of Topliss-reactive ketones (excluding diaryl/α,β-unsaturated/α-hetero) is 1. The average Bonchev–Trinajstić information content (AvgIpc) is 2.91. The van der Waals surface area contributed by atoms with Crippen molar-refractivity contribution in [3.63, 3.8) is 0 Å². The standard InChI is InChI=1S/C11H12N2O2/c14-11(9-6-12-3-4-13-9)8-5-7-1-2-10(8)15-7/h3-4,6-8,10H,1-2,5H2. The van der Waals surface area contributed by atoms with E-state index in [2.05, 4.69) is 9.97 Å². The van der Waals surface area contributed by atoms with E-state index in [9.17, 15) is 4.79 Å². The lowest BCUT2D eigenvalue weighted by atomic mass is 9.85. The molecule has 2 aliphatic rings. The molecule has 3 heterocycles. The van der Waals surface area contributed by atoms with Gasteiger partial charge in [0, 0.05) is 12.4 Å². The van der Waals surface area contributed by atoms with Crippen LogP contribution in [0.5, 0.6) is 0 Å². The lowest BCUT2D eigenvalue weighted by Gasteiger charge is -2.16. The molecule has 0 aliphatic carbocycles. The van der Waals surface area contributed by atoms with Crippen LogP contribution in [-0.2, 0) is 4.74 Å². The summed E-state index contributed by atoms with van der Waals surface area (Å²) in [7, 11) is 0. The molecule has 2 bridgehead atoms. The number of carbonyl (C=O) groups excluding carboxylic acids is 1. The third kappa shape index (κ3) is 1.45. The quantitative estimate of drug-likeness (QED) is 0.680. The van der Waals surface area contributed by atoms with Crippen LogP contribution in [0.3, 0.4) is 0 Å². The number of ether oxygens (including phenoxy) is 1. The Morgan fingerprint density at radius 1 is 1.40 bits per heavy atom. The van der Waals surface area contributed by atoms with Crippen LogP contribution >= 0.6 is 0 Å². The summed E-state index contributed by atoms with van der Waals surface area (Å²) < 4.78 is 5.66. The van der Waals surface area contributed by atoms with Crippen molar-refractivity contribution in [2.75, 3.05) is 0 Å². The second-order valence-corrected chi connectivity index (χ2v) is 4.17. The number of carbonyl (C=O) groups is 1. The van der Waals surface area contributed by atoms with Gasteiger partial charge in [0.2, 0.25) is 0 Å². The maximum atomic E-state index is 12.1. The Hall–Kier alpha value is -1.29. The molecule has 3 unspecified atom stereocenters. The molecule has 0 N–H and O–H groups in total. The highest BCUT2D eigenvalue weighted by atomic mass is 16.5. The van der Waals surface area contributed by atoms with Gasteiger partial charge in [-0.15, -0.1) is 0 Å². The Bertz CT molecular complexity index is 379. The van der Waals surface area contributed by atoms with E-state index in [0.29, 0.717) is 11.8 Å². The minimum Gasteiger partial charge on any atom is -0.374 e.